The van der Waals surface area contributed by atoms with E-state index >= 15 is 0 Å². The summed E-state index contributed by atoms with van der Waals surface area (Å²) in [5.41, 5.74) is 4.82. The molecule has 0 bridgehead atoms. The second-order valence-corrected chi connectivity index (χ2v) is 8.09. The van der Waals surface area contributed by atoms with Gasteiger partial charge in [-0.2, -0.15) is 0 Å². The van der Waals surface area contributed by atoms with E-state index in [2.05, 4.69) is 51.1 Å². The van der Waals surface area contributed by atoms with Crippen LogP contribution in [0.5, 0.6) is 11.5 Å². The SMILES string of the molecule is COc1cc2c(O)cc3c(c2cc1C)-c1ccccc1C(C)(OC)C3(C)C. The number of aromatic hydroxyl groups is 1. The first-order valence-electron chi connectivity index (χ1n) is 9.26. The normalized spacial score (nSPS) is 20.2. The lowest BCUT2D eigenvalue weighted by Crippen LogP contribution is -2.47. The molecule has 0 spiro atoms. The third-order valence-electron chi connectivity index (χ3n) is 6.62. The van der Waals surface area contributed by atoms with Crippen molar-refractivity contribution >= 4 is 10.8 Å². The maximum atomic E-state index is 10.9. The average molecular weight is 362 g/mol. The fraction of sp³-hybridized carbons (Fsp3) is 0.333. The highest BCUT2D eigenvalue weighted by molar-refractivity contribution is 6.04. The maximum Gasteiger partial charge on any atom is 0.123 e. The highest BCUT2D eigenvalue weighted by Crippen LogP contribution is 2.57. The molecule has 1 unspecified atom stereocenters. The molecule has 3 nitrogen and oxygen atoms in total. The zero-order valence-corrected chi connectivity index (χ0v) is 16.8. The largest absolute Gasteiger partial charge is 0.507 e. The van der Waals surface area contributed by atoms with E-state index in [-0.39, 0.29) is 11.2 Å². The van der Waals surface area contributed by atoms with Gasteiger partial charge in [-0.25, -0.2) is 0 Å². The number of ether oxygens (including phenoxy) is 2. The number of phenolic OH excluding ortho intramolecular Hbond substituents is 1. The molecule has 0 amide bonds. The lowest BCUT2D eigenvalue weighted by Gasteiger charge is -2.49. The summed E-state index contributed by atoms with van der Waals surface area (Å²) < 4.78 is 11.6. The van der Waals surface area contributed by atoms with Crippen molar-refractivity contribution in [1.29, 1.82) is 0 Å². The molecule has 1 aliphatic rings. The summed E-state index contributed by atoms with van der Waals surface area (Å²) in [6.45, 7) is 8.54. The Hall–Kier alpha value is -2.52. The molecule has 0 heterocycles. The number of benzene rings is 3. The Morgan fingerprint density at radius 1 is 0.889 bits per heavy atom. The van der Waals surface area contributed by atoms with Crippen LogP contribution in [0.15, 0.2) is 42.5 Å². The lowest BCUT2D eigenvalue weighted by atomic mass is 9.60. The van der Waals surface area contributed by atoms with E-state index in [9.17, 15) is 5.11 Å². The summed E-state index contributed by atoms with van der Waals surface area (Å²) in [6.07, 6.45) is 0. The molecule has 0 saturated carbocycles. The first-order valence-corrected chi connectivity index (χ1v) is 9.26. The van der Waals surface area contributed by atoms with E-state index in [1.807, 2.05) is 19.1 Å². The summed E-state index contributed by atoms with van der Waals surface area (Å²) in [5, 5.41) is 12.7. The van der Waals surface area contributed by atoms with Crippen LogP contribution in [-0.4, -0.2) is 19.3 Å². The van der Waals surface area contributed by atoms with Gasteiger partial charge < -0.3 is 14.6 Å². The first-order chi connectivity index (χ1) is 12.8. The molecule has 0 aliphatic heterocycles. The molecule has 1 N–H and O–H groups in total. The first kappa shape index (κ1) is 17.9. The molecular weight excluding hydrogens is 336 g/mol. The maximum absolute atomic E-state index is 10.9. The molecule has 3 heteroatoms. The van der Waals surface area contributed by atoms with Crippen LogP contribution in [0.25, 0.3) is 21.9 Å². The Morgan fingerprint density at radius 3 is 2.26 bits per heavy atom. The minimum Gasteiger partial charge on any atom is -0.507 e. The smallest absolute Gasteiger partial charge is 0.123 e. The fourth-order valence-electron chi connectivity index (χ4n) is 4.62. The molecular formula is C24H26O3. The molecule has 3 aromatic rings. The van der Waals surface area contributed by atoms with Crippen molar-refractivity contribution < 1.29 is 14.6 Å². The van der Waals surface area contributed by atoms with Gasteiger partial charge in [0, 0.05) is 17.9 Å². The number of hydrogen-bond donors (Lipinski definition) is 1. The Morgan fingerprint density at radius 2 is 1.59 bits per heavy atom. The molecule has 3 aromatic carbocycles. The lowest BCUT2D eigenvalue weighted by molar-refractivity contribution is -0.0569. The Bertz CT molecular complexity index is 1060. The number of phenols is 1. The molecule has 0 fully saturated rings. The number of hydrogen-bond acceptors (Lipinski definition) is 3. The number of fused-ring (bicyclic) bond motifs is 5. The van der Waals surface area contributed by atoms with Crippen molar-refractivity contribution in [3.8, 4) is 22.6 Å². The van der Waals surface area contributed by atoms with Crippen LogP contribution >= 0.6 is 0 Å². The average Bonchev–Trinajstić information content (AvgIpc) is 2.66. The van der Waals surface area contributed by atoms with Gasteiger partial charge in [-0.05, 0) is 65.3 Å². The van der Waals surface area contributed by atoms with Crippen molar-refractivity contribution in [2.24, 2.45) is 0 Å². The molecule has 0 aromatic heterocycles. The summed E-state index contributed by atoms with van der Waals surface area (Å²) >= 11 is 0. The van der Waals surface area contributed by atoms with E-state index in [1.54, 1.807) is 14.2 Å². The van der Waals surface area contributed by atoms with Crippen LogP contribution in [0.2, 0.25) is 0 Å². The second-order valence-electron chi connectivity index (χ2n) is 8.09. The second kappa shape index (κ2) is 5.74. The molecule has 1 atom stereocenters. The predicted molar refractivity (Wildman–Crippen MR) is 110 cm³/mol. The topological polar surface area (TPSA) is 38.7 Å². The van der Waals surface area contributed by atoms with Gasteiger partial charge in [0.05, 0.1) is 12.7 Å². The number of rotatable bonds is 2. The van der Waals surface area contributed by atoms with Crippen molar-refractivity contribution in [3.63, 3.8) is 0 Å². The summed E-state index contributed by atoms with van der Waals surface area (Å²) in [6, 6.07) is 14.4. The van der Waals surface area contributed by atoms with Gasteiger partial charge in [0.25, 0.3) is 0 Å². The van der Waals surface area contributed by atoms with E-state index in [0.717, 1.165) is 33.2 Å². The third kappa shape index (κ3) is 2.18. The quantitative estimate of drug-likeness (QED) is 0.637. The summed E-state index contributed by atoms with van der Waals surface area (Å²) in [4.78, 5) is 0. The zero-order chi connectivity index (χ0) is 19.6. The van der Waals surface area contributed by atoms with Crippen LogP contribution in [0, 0.1) is 6.92 Å². The van der Waals surface area contributed by atoms with Gasteiger partial charge in [-0.1, -0.05) is 38.1 Å². The van der Waals surface area contributed by atoms with Gasteiger partial charge >= 0.3 is 0 Å². The van der Waals surface area contributed by atoms with Crippen LogP contribution < -0.4 is 4.74 Å². The third-order valence-corrected chi connectivity index (χ3v) is 6.62. The molecule has 27 heavy (non-hydrogen) atoms. The van der Waals surface area contributed by atoms with E-state index in [4.69, 9.17) is 9.47 Å². The van der Waals surface area contributed by atoms with Crippen molar-refractivity contribution in [2.45, 2.75) is 38.7 Å². The Labute approximate surface area is 160 Å². The van der Waals surface area contributed by atoms with Crippen molar-refractivity contribution in [3.05, 3.63) is 59.2 Å². The molecule has 4 rings (SSSR count). The monoisotopic (exact) mass is 362 g/mol. The molecule has 140 valence electrons. The van der Waals surface area contributed by atoms with Gasteiger partial charge in [-0.3, -0.25) is 0 Å². The van der Waals surface area contributed by atoms with Gasteiger partial charge in [0.1, 0.15) is 11.5 Å². The zero-order valence-electron chi connectivity index (χ0n) is 16.8. The minimum absolute atomic E-state index is 0.271. The Balaban J connectivity index is 2.22. The fourth-order valence-corrected chi connectivity index (χ4v) is 4.62. The van der Waals surface area contributed by atoms with Crippen LogP contribution in [-0.2, 0) is 15.8 Å². The summed E-state index contributed by atoms with van der Waals surface area (Å²) in [5.74, 6) is 1.05. The number of aryl methyl sites for hydroxylation is 1. The van der Waals surface area contributed by atoms with Gasteiger partial charge in [0.15, 0.2) is 0 Å². The van der Waals surface area contributed by atoms with E-state index in [1.165, 1.54) is 11.1 Å². The molecule has 0 saturated heterocycles. The van der Waals surface area contributed by atoms with Gasteiger partial charge in [-0.15, -0.1) is 0 Å². The standard InChI is InChI=1S/C24H26O3/c1-14-11-17-16(12-21(14)26-5)20(25)13-19-22(17)15-9-7-8-10-18(15)24(4,27-6)23(19,2)3/h7-13,25H,1-6H3. The number of methoxy groups -OCH3 is 2. The highest BCUT2D eigenvalue weighted by Gasteiger charge is 2.50. The van der Waals surface area contributed by atoms with Crippen molar-refractivity contribution in [1.82, 2.24) is 0 Å². The van der Waals surface area contributed by atoms with Crippen LogP contribution in [0.4, 0.5) is 0 Å². The Kier molecular flexibility index (Phi) is 3.80. The molecule has 0 radical (unpaired) electrons. The minimum atomic E-state index is -0.502. The highest BCUT2D eigenvalue weighted by atomic mass is 16.5. The summed E-state index contributed by atoms with van der Waals surface area (Å²) in [7, 11) is 3.42. The van der Waals surface area contributed by atoms with E-state index in [0.29, 0.717) is 0 Å². The van der Waals surface area contributed by atoms with Gasteiger partial charge in [0.2, 0.25) is 0 Å². The van der Waals surface area contributed by atoms with Crippen LogP contribution in [0.1, 0.15) is 37.5 Å². The predicted octanol–water partition coefficient (Wildman–Crippen LogP) is 5.68. The van der Waals surface area contributed by atoms with Crippen molar-refractivity contribution in [2.75, 3.05) is 14.2 Å². The van der Waals surface area contributed by atoms with Crippen LogP contribution in [0.3, 0.4) is 0 Å². The molecule has 1 aliphatic carbocycles. The van der Waals surface area contributed by atoms with E-state index < -0.39 is 5.60 Å².